The van der Waals surface area contributed by atoms with Crippen molar-refractivity contribution in [1.29, 1.82) is 0 Å². The van der Waals surface area contributed by atoms with Crippen LogP contribution in [0.15, 0.2) is 24.3 Å². The number of para-hydroxylation sites is 1. The molecule has 1 aliphatic carbocycles. The molecule has 0 spiro atoms. The maximum absolute atomic E-state index is 12.7. The number of ketones is 1. The summed E-state index contributed by atoms with van der Waals surface area (Å²) in [5.74, 6) is -0.613. The SMILES string of the molecule is Cc1ccccc1N1C[C@@H](C(=O)Nc2nc3c(s2)C(=O)CC(C)(C)C3)CC1=O. The van der Waals surface area contributed by atoms with Gasteiger partial charge in [0.25, 0.3) is 0 Å². The maximum Gasteiger partial charge on any atom is 0.231 e. The van der Waals surface area contributed by atoms with Crippen molar-refractivity contribution in [2.45, 2.75) is 40.0 Å². The van der Waals surface area contributed by atoms with Crippen molar-refractivity contribution in [2.75, 3.05) is 16.8 Å². The van der Waals surface area contributed by atoms with E-state index in [0.717, 1.165) is 23.4 Å². The third kappa shape index (κ3) is 3.46. The molecule has 0 saturated carbocycles. The van der Waals surface area contributed by atoms with Gasteiger partial charge in [0.2, 0.25) is 11.8 Å². The molecule has 1 N–H and O–H groups in total. The minimum Gasteiger partial charge on any atom is -0.311 e. The van der Waals surface area contributed by atoms with Gasteiger partial charge < -0.3 is 10.2 Å². The molecular weight excluding hydrogens is 374 g/mol. The van der Waals surface area contributed by atoms with Crippen molar-refractivity contribution in [3.05, 3.63) is 40.4 Å². The summed E-state index contributed by atoms with van der Waals surface area (Å²) in [6, 6.07) is 7.67. The highest BCUT2D eigenvalue weighted by atomic mass is 32.1. The summed E-state index contributed by atoms with van der Waals surface area (Å²) < 4.78 is 0. The number of aryl methyl sites for hydroxylation is 1. The van der Waals surface area contributed by atoms with E-state index >= 15 is 0 Å². The number of thiazole rings is 1. The molecule has 2 aliphatic rings. The Morgan fingerprint density at radius 3 is 2.75 bits per heavy atom. The highest BCUT2D eigenvalue weighted by molar-refractivity contribution is 7.17. The van der Waals surface area contributed by atoms with Gasteiger partial charge in [-0.25, -0.2) is 4.98 Å². The first-order valence-electron chi connectivity index (χ1n) is 9.43. The highest BCUT2D eigenvalue weighted by Crippen LogP contribution is 2.38. The van der Waals surface area contributed by atoms with E-state index in [1.54, 1.807) is 4.90 Å². The van der Waals surface area contributed by atoms with E-state index in [2.05, 4.69) is 24.1 Å². The van der Waals surface area contributed by atoms with Crippen molar-refractivity contribution in [1.82, 2.24) is 4.98 Å². The van der Waals surface area contributed by atoms with Crippen LogP contribution in [-0.2, 0) is 16.0 Å². The van der Waals surface area contributed by atoms with Gasteiger partial charge in [-0.05, 0) is 30.4 Å². The van der Waals surface area contributed by atoms with Crippen LogP contribution in [0, 0.1) is 18.3 Å². The fraction of sp³-hybridized carbons (Fsp3) is 0.429. The van der Waals surface area contributed by atoms with E-state index in [1.165, 1.54) is 11.3 Å². The number of carbonyl (C=O) groups is 3. The van der Waals surface area contributed by atoms with Gasteiger partial charge in [-0.3, -0.25) is 14.4 Å². The lowest BCUT2D eigenvalue weighted by Gasteiger charge is -2.26. The van der Waals surface area contributed by atoms with Gasteiger partial charge in [0.15, 0.2) is 10.9 Å². The van der Waals surface area contributed by atoms with Crippen LogP contribution in [0.4, 0.5) is 10.8 Å². The Kier molecular flexibility index (Phi) is 4.57. The second-order valence-electron chi connectivity index (χ2n) is 8.42. The minimum absolute atomic E-state index is 0.0511. The molecule has 1 atom stereocenters. The van der Waals surface area contributed by atoms with E-state index in [4.69, 9.17) is 0 Å². The number of aromatic nitrogens is 1. The minimum atomic E-state index is -0.430. The van der Waals surface area contributed by atoms with Gasteiger partial charge >= 0.3 is 0 Å². The number of fused-ring (bicyclic) bond motifs is 1. The number of nitrogens with zero attached hydrogens (tertiary/aromatic N) is 2. The summed E-state index contributed by atoms with van der Waals surface area (Å²) >= 11 is 1.24. The van der Waals surface area contributed by atoms with E-state index < -0.39 is 5.92 Å². The Morgan fingerprint density at radius 2 is 2.00 bits per heavy atom. The molecule has 0 bridgehead atoms. The van der Waals surface area contributed by atoms with Crippen molar-refractivity contribution in [3.63, 3.8) is 0 Å². The van der Waals surface area contributed by atoms with E-state index in [0.29, 0.717) is 23.0 Å². The predicted molar refractivity (Wildman–Crippen MR) is 109 cm³/mol. The number of rotatable bonds is 3. The molecule has 1 aliphatic heterocycles. The van der Waals surface area contributed by atoms with Gasteiger partial charge in [0.05, 0.1) is 16.5 Å². The van der Waals surface area contributed by atoms with Gasteiger partial charge in [0, 0.05) is 25.1 Å². The van der Waals surface area contributed by atoms with Gasteiger partial charge in [-0.1, -0.05) is 43.4 Å². The molecule has 28 heavy (non-hydrogen) atoms. The topological polar surface area (TPSA) is 79.4 Å². The number of Topliss-reactive ketones (excluding diaryl/α,β-unsaturated/α-hetero) is 1. The first-order chi connectivity index (χ1) is 13.2. The summed E-state index contributed by atoms with van der Waals surface area (Å²) in [6.45, 7) is 6.41. The van der Waals surface area contributed by atoms with Gasteiger partial charge in [0.1, 0.15) is 0 Å². The smallest absolute Gasteiger partial charge is 0.231 e. The van der Waals surface area contributed by atoms with Gasteiger partial charge in [-0.15, -0.1) is 0 Å². The number of carbonyl (C=O) groups excluding carboxylic acids is 3. The quantitative estimate of drug-likeness (QED) is 0.858. The van der Waals surface area contributed by atoms with Crippen LogP contribution in [0.5, 0.6) is 0 Å². The van der Waals surface area contributed by atoms with E-state index in [1.807, 2.05) is 31.2 Å². The van der Waals surface area contributed by atoms with Crippen molar-refractivity contribution in [2.24, 2.45) is 11.3 Å². The van der Waals surface area contributed by atoms with E-state index in [9.17, 15) is 14.4 Å². The fourth-order valence-corrected chi connectivity index (χ4v) is 4.89. The summed E-state index contributed by atoms with van der Waals surface area (Å²) in [6.07, 6.45) is 1.40. The Bertz CT molecular complexity index is 979. The van der Waals surface area contributed by atoms with Crippen molar-refractivity contribution >= 4 is 39.8 Å². The second kappa shape index (κ2) is 6.81. The van der Waals surface area contributed by atoms with Crippen LogP contribution >= 0.6 is 11.3 Å². The highest BCUT2D eigenvalue weighted by Gasteiger charge is 2.37. The number of hydrogen-bond acceptors (Lipinski definition) is 5. The average Bonchev–Trinajstić information content (AvgIpc) is 3.18. The van der Waals surface area contributed by atoms with Crippen LogP contribution in [0.3, 0.4) is 0 Å². The standard InChI is InChI=1S/C21H23N3O3S/c1-12-6-4-5-7-15(12)24-11-13(8-17(24)26)19(27)23-20-22-14-9-21(2,3)10-16(25)18(14)28-20/h4-7,13H,8-11H2,1-3H3,(H,22,23,27)/t13-/m0/s1. The molecule has 0 unspecified atom stereocenters. The molecular formula is C21H23N3O3S. The molecule has 4 rings (SSSR count). The Hall–Kier alpha value is -2.54. The predicted octanol–water partition coefficient (Wildman–Crippen LogP) is 3.60. The summed E-state index contributed by atoms with van der Waals surface area (Å²) in [5, 5.41) is 3.28. The third-order valence-corrected chi connectivity index (χ3v) is 6.42. The molecule has 7 heteroatoms. The van der Waals surface area contributed by atoms with Crippen LogP contribution in [0.2, 0.25) is 0 Å². The molecule has 1 fully saturated rings. The zero-order chi connectivity index (χ0) is 20.1. The van der Waals surface area contributed by atoms with Crippen LogP contribution in [0.1, 0.15) is 47.6 Å². The molecule has 1 aromatic carbocycles. The molecule has 6 nitrogen and oxygen atoms in total. The molecule has 2 amide bonds. The second-order valence-corrected chi connectivity index (χ2v) is 9.42. The maximum atomic E-state index is 12.7. The average molecular weight is 398 g/mol. The normalized spacial score (nSPS) is 21.0. The largest absolute Gasteiger partial charge is 0.311 e. The molecule has 2 heterocycles. The van der Waals surface area contributed by atoms with Crippen LogP contribution < -0.4 is 10.2 Å². The molecule has 2 aromatic rings. The number of nitrogens with one attached hydrogen (secondary N) is 1. The summed E-state index contributed by atoms with van der Waals surface area (Å²) in [5.41, 5.74) is 2.52. The summed E-state index contributed by atoms with van der Waals surface area (Å²) in [4.78, 5) is 44.3. The molecule has 0 radical (unpaired) electrons. The number of anilines is 2. The zero-order valence-electron chi connectivity index (χ0n) is 16.2. The fourth-order valence-electron chi connectivity index (χ4n) is 3.96. The van der Waals surface area contributed by atoms with E-state index in [-0.39, 0.29) is 29.4 Å². The number of amides is 2. The first-order valence-corrected chi connectivity index (χ1v) is 10.2. The monoisotopic (exact) mass is 397 g/mol. The molecule has 1 saturated heterocycles. The third-order valence-electron chi connectivity index (χ3n) is 5.37. The van der Waals surface area contributed by atoms with Crippen LogP contribution in [0.25, 0.3) is 0 Å². The lowest BCUT2D eigenvalue weighted by Crippen LogP contribution is -2.28. The number of hydrogen-bond donors (Lipinski definition) is 1. The lowest BCUT2D eigenvalue weighted by atomic mass is 9.78. The summed E-state index contributed by atoms with van der Waals surface area (Å²) in [7, 11) is 0. The number of benzene rings is 1. The molecule has 1 aromatic heterocycles. The lowest BCUT2D eigenvalue weighted by molar-refractivity contribution is -0.122. The van der Waals surface area contributed by atoms with Crippen molar-refractivity contribution < 1.29 is 14.4 Å². The van der Waals surface area contributed by atoms with Crippen molar-refractivity contribution in [3.8, 4) is 0 Å². The Balaban J connectivity index is 1.48. The first kappa shape index (κ1) is 18.8. The molecule has 146 valence electrons. The Labute approximate surface area is 168 Å². The zero-order valence-corrected chi connectivity index (χ0v) is 17.1. The Morgan fingerprint density at radius 1 is 1.25 bits per heavy atom. The van der Waals surface area contributed by atoms with Gasteiger partial charge in [-0.2, -0.15) is 0 Å². The van der Waals surface area contributed by atoms with Crippen LogP contribution in [-0.4, -0.2) is 29.1 Å².